The van der Waals surface area contributed by atoms with Gasteiger partial charge < -0.3 is 10.1 Å². The summed E-state index contributed by atoms with van der Waals surface area (Å²) in [6.07, 6.45) is 2.12. The molecular formula is C18H28N2O3S. The van der Waals surface area contributed by atoms with E-state index in [1.165, 1.54) is 0 Å². The third kappa shape index (κ3) is 5.05. The highest BCUT2D eigenvalue weighted by molar-refractivity contribution is 7.84. The monoisotopic (exact) mass is 352 g/mol. The Labute approximate surface area is 147 Å². The molecule has 1 amide bonds. The number of hydrogen-bond donors (Lipinski definition) is 2. The summed E-state index contributed by atoms with van der Waals surface area (Å²) in [6.45, 7) is 8.09. The number of carbonyl (C=O) groups is 1. The molecule has 1 aliphatic carbocycles. The highest BCUT2D eigenvalue weighted by Gasteiger charge is 2.51. The summed E-state index contributed by atoms with van der Waals surface area (Å²) < 4.78 is 20.5. The van der Waals surface area contributed by atoms with Crippen molar-refractivity contribution >= 4 is 17.1 Å². The first-order valence-corrected chi connectivity index (χ1v) is 9.59. The van der Waals surface area contributed by atoms with Crippen LogP contribution in [0.15, 0.2) is 30.3 Å². The van der Waals surface area contributed by atoms with Gasteiger partial charge in [0.15, 0.2) is 0 Å². The van der Waals surface area contributed by atoms with Crippen LogP contribution < -0.4 is 10.0 Å². The summed E-state index contributed by atoms with van der Waals surface area (Å²) in [5, 5.41) is 2.99. The number of hydrogen-bond acceptors (Lipinski definition) is 3. The van der Waals surface area contributed by atoms with E-state index in [1.807, 2.05) is 58.0 Å². The van der Waals surface area contributed by atoms with E-state index >= 15 is 0 Å². The molecule has 2 N–H and O–H groups in total. The van der Waals surface area contributed by atoms with Gasteiger partial charge >= 0.3 is 6.09 Å². The minimum Gasteiger partial charge on any atom is -0.445 e. The van der Waals surface area contributed by atoms with Gasteiger partial charge in [-0.2, -0.15) is 0 Å². The van der Waals surface area contributed by atoms with E-state index in [2.05, 4.69) is 10.0 Å². The van der Waals surface area contributed by atoms with E-state index in [0.717, 1.165) is 24.8 Å². The van der Waals surface area contributed by atoms with Crippen molar-refractivity contribution < 1.29 is 13.7 Å². The SMILES string of the molecule is CC[C@@H](N[S@](=O)C(C)(C)C)C1(NC(=O)OCc2ccccc2)CC1. The van der Waals surface area contributed by atoms with Gasteiger partial charge in [-0.15, -0.1) is 0 Å². The number of amides is 1. The Morgan fingerprint density at radius 3 is 2.42 bits per heavy atom. The maximum Gasteiger partial charge on any atom is 0.407 e. The van der Waals surface area contributed by atoms with Crippen LogP contribution >= 0.6 is 0 Å². The van der Waals surface area contributed by atoms with Crippen LogP contribution in [0.5, 0.6) is 0 Å². The third-order valence-electron chi connectivity index (χ3n) is 4.23. The molecule has 24 heavy (non-hydrogen) atoms. The summed E-state index contributed by atoms with van der Waals surface area (Å²) in [5.41, 5.74) is 0.611. The van der Waals surface area contributed by atoms with Gasteiger partial charge in [-0.3, -0.25) is 0 Å². The lowest BCUT2D eigenvalue weighted by atomic mass is 10.1. The van der Waals surface area contributed by atoms with Crippen LogP contribution in [0.3, 0.4) is 0 Å². The normalized spacial score (nSPS) is 18.5. The molecule has 0 bridgehead atoms. The highest BCUT2D eigenvalue weighted by Crippen LogP contribution is 2.40. The molecule has 1 saturated carbocycles. The number of benzene rings is 1. The molecule has 2 rings (SSSR count). The molecule has 5 nitrogen and oxygen atoms in total. The molecule has 134 valence electrons. The fourth-order valence-electron chi connectivity index (χ4n) is 2.55. The Morgan fingerprint density at radius 1 is 1.29 bits per heavy atom. The molecule has 0 heterocycles. The summed E-state index contributed by atoms with van der Waals surface area (Å²) >= 11 is 0. The third-order valence-corrected chi connectivity index (χ3v) is 5.84. The zero-order valence-electron chi connectivity index (χ0n) is 14.9. The molecule has 1 aromatic rings. The minimum absolute atomic E-state index is 0.0261. The van der Waals surface area contributed by atoms with Gasteiger partial charge in [-0.05, 0) is 45.6 Å². The van der Waals surface area contributed by atoms with Gasteiger partial charge in [0.05, 0.1) is 21.3 Å². The molecular weight excluding hydrogens is 324 g/mol. The van der Waals surface area contributed by atoms with Crippen molar-refractivity contribution in [3.05, 3.63) is 35.9 Å². The Balaban J connectivity index is 1.89. The van der Waals surface area contributed by atoms with Crippen LogP contribution in [0.1, 0.15) is 52.5 Å². The van der Waals surface area contributed by atoms with Crippen molar-refractivity contribution in [3.63, 3.8) is 0 Å². The standard InChI is InChI=1S/C18H28N2O3S/c1-5-15(20-24(22)17(2,3)4)18(11-12-18)19-16(21)23-13-14-9-7-6-8-10-14/h6-10,15,20H,5,11-13H2,1-4H3,(H,19,21)/t15-,24-/m1/s1. The predicted octanol–water partition coefficient (Wildman–Crippen LogP) is 3.28. The molecule has 0 radical (unpaired) electrons. The first-order valence-electron chi connectivity index (χ1n) is 8.44. The van der Waals surface area contributed by atoms with Crippen LogP contribution in [0, 0.1) is 0 Å². The van der Waals surface area contributed by atoms with Crippen molar-refractivity contribution in [2.24, 2.45) is 0 Å². The molecule has 0 unspecified atom stereocenters. The van der Waals surface area contributed by atoms with Crippen molar-refractivity contribution in [1.82, 2.24) is 10.0 Å². The number of rotatable bonds is 7. The van der Waals surface area contributed by atoms with E-state index in [-0.39, 0.29) is 22.9 Å². The van der Waals surface area contributed by atoms with E-state index < -0.39 is 17.1 Å². The Kier molecular flexibility index (Phi) is 6.04. The van der Waals surface area contributed by atoms with Gasteiger partial charge in [0.25, 0.3) is 0 Å². The lowest BCUT2D eigenvalue weighted by Gasteiger charge is -2.30. The maximum atomic E-state index is 12.4. The molecule has 1 aliphatic rings. The topological polar surface area (TPSA) is 67.4 Å². The summed E-state index contributed by atoms with van der Waals surface area (Å²) in [4.78, 5) is 12.1. The van der Waals surface area contributed by atoms with E-state index in [9.17, 15) is 9.00 Å². The van der Waals surface area contributed by atoms with Crippen molar-refractivity contribution in [3.8, 4) is 0 Å². The first kappa shape index (κ1) is 18.9. The zero-order valence-corrected chi connectivity index (χ0v) is 15.7. The molecule has 0 aliphatic heterocycles. The van der Waals surface area contributed by atoms with Gasteiger partial charge in [0.1, 0.15) is 6.61 Å². The summed E-state index contributed by atoms with van der Waals surface area (Å²) in [5.74, 6) is 0. The molecule has 0 spiro atoms. The van der Waals surface area contributed by atoms with Crippen LogP contribution in [-0.2, 0) is 22.3 Å². The number of alkyl carbamates (subject to hydrolysis) is 1. The molecule has 1 fully saturated rings. The average Bonchev–Trinajstić information content (AvgIpc) is 3.30. The first-order chi connectivity index (χ1) is 11.3. The van der Waals surface area contributed by atoms with Crippen molar-refractivity contribution in [2.75, 3.05) is 0 Å². The molecule has 0 saturated heterocycles. The second kappa shape index (κ2) is 7.66. The number of carbonyl (C=O) groups excluding carboxylic acids is 1. The van der Waals surface area contributed by atoms with E-state index in [0.29, 0.717) is 0 Å². The molecule has 6 heteroatoms. The number of ether oxygens (including phenoxy) is 1. The van der Waals surface area contributed by atoms with Gasteiger partial charge in [0.2, 0.25) is 0 Å². The number of nitrogens with one attached hydrogen (secondary N) is 2. The Hall–Kier alpha value is -1.40. The fourth-order valence-corrected chi connectivity index (χ4v) is 3.55. The smallest absolute Gasteiger partial charge is 0.407 e. The average molecular weight is 353 g/mol. The van der Waals surface area contributed by atoms with Crippen molar-refractivity contribution in [1.29, 1.82) is 0 Å². The van der Waals surface area contributed by atoms with Crippen LogP contribution in [-0.4, -0.2) is 26.6 Å². The van der Waals surface area contributed by atoms with Gasteiger partial charge in [-0.25, -0.2) is 13.7 Å². The van der Waals surface area contributed by atoms with Gasteiger partial charge in [-0.1, -0.05) is 37.3 Å². The lowest BCUT2D eigenvalue weighted by molar-refractivity contribution is 0.131. The Morgan fingerprint density at radius 2 is 1.92 bits per heavy atom. The highest BCUT2D eigenvalue weighted by atomic mass is 32.2. The predicted molar refractivity (Wildman–Crippen MR) is 96.8 cm³/mol. The summed E-state index contributed by atoms with van der Waals surface area (Å²) in [6, 6.07) is 9.57. The second-order valence-electron chi connectivity index (χ2n) is 7.30. The molecule has 2 atom stereocenters. The zero-order chi connectivity index (χ0) is 17.8. The lowest BCUT2D eigenvalue weighted by Crippen LogP contribution is -2.54. The van der Waals surface area contributed by atoms with Crippen LogP contribution in [0.25, 0.3) is 0 Å². The summed E-state index contributed by atoms with van der Waals surface area (Å²) in [7, 11) is -1.16. The fraction of sp³-hybridized carbons (Fsp3) is 0.611. The van der Waals surface area contributed by atoms with Crippen LogP contribution in [0.4, 0.5) is 4.79 Å². The maximum absolute atomic E-state index is 12.4. The van der Waals surface area contributed by atoms with Crippen LogP contribution in [0.2, 0.25) is 0 Å². The van der Waals surface area contributed by atoms with Crippen molar-refractivity contribution in [2.45, 2.75) is 69.9 Å². The van der Waals surface area contributed by atoms with E-state index in [4.69, 9.17) is 4.74 Å². The largest absolute Gasteiger partial charge is 0.445 e. The minimum atomic E-state index is -1.16. The van der Waals surface area contributed by atoms with E-state index in [1.54, 1.807) is 0 Å². The van der Waals surface area contributed by atoms with Gasteiger partial charge in [0, 0.05) is 6.04 Å². The molecule has 0 aromatic heterocycles. The quantitative estimate of drug-likeness (QED) is 0.791. The Bertz CT molecular complexity index is 580. The second-order valence-corrected chi connectivity index (χ2v) is 9.30. The molecule has 1 aromatic carbocycles.